The van der Waals surface area contributed by atoms with Crippen LogP contribution in [0.5, 0.6) is 5.75 Å². The molecule has 1 N–H and O–H groups in total. The molecule has 5 rings (SSSR count). The van der Waals surface area contributed by atoms with Crippen LogP contribution in [0.2, 0.25) is 0 Å². The number of nitrogens with zero attached hydrogens (tertiary/aromatic N) is 5. The van der Waals surface area contributed by atoms with Gasteiger partial charge in [-0.1, -0.05) is 49.9 Å². The topological polar surface area (TPSA) is 84.6 Å². The smallest absolute Gasteiger partial charge is 0.406 e. The van der Waals surface area contributed by atoms with Crippen molar-refractivity contribution in [1.29, 1.82) is 0 Å². The maximum Gasteiger partial charge on any atom is 0.573 e. The van der Waals surface area contributed by atoms with Crippen molar-refractivity contribution in [2.75, 3.05) is 17.2 Å². The third-order valence-corrected chi connectivity index (χ3v) is 8.26. The van der Waals surface area contributed by atoms with Crippen molar-refractivity contribution in [1.82, 2.24) is 20.1 Å². The van der Waals surface area contributed by atoms with Crippen LogP contribution in [-0.2, 0) is 0 Å². The molecule has 1 fully saturated rings. The van der Waals surface area contributed by atoms with E-state index in [0.717, 1.165) is 23.4 Å². The van der Waals surface area contributed by atoms with Crippen LogP contribution in [0.4, 0.5) is 32.4 Å². The van der Waals surface area contributed by atoms with Gasteiger partial charge in [0.1, 0.15) is 24.1 Å². The van der Waals surface area contributed by atoms with Gasteiger partial charge >= 0.3 is 12.4 Å². The number of alkyl halides is 4. The van der Waals surface area contributed by atoms with Crippen LogP contribution in [0.3, 0.4) is 0 Å². The lowest BCUT2D eigenvalue weighted by molar-refractivity contribution is -0.274. The molecule has 2 amide bonds. The van der Waals surface area contributed by atoms with E-state index in [0.29, 0.717) is 27.8 Å². The number of aliphatic imine (C=N–C) groups is 1. The second-order valence-corrected chi connectivity index (χ2v) is 12.0. The van der Waals surface area contributed by atoms with E-state index in [1.807, 2.05) is 25.7 Å². The summed E-state index contributed by atoms with van der Waals surface area (Å²) in [6, 6.07) is 15.5. The minimum absolute atomic E-state index is 0.0301. The molecule has 1 aliphatic rings. The molecule has 14 heteroatoms. The number of halogens is 5. The first-order chi connectivity index (χ1) is 21.9. The summed E-state index contributed by atoms with van der Waals surface area (Å²) in [6.45, 7) is 5.67. The van der Waals surface area contributed by atoms with Gasteiger partial charge in [0.25, 0.3) is 0 Å². The molecule has 1 aromatic heterocycles. The van der Waals surface area contributed by atoms with Crippen molar-refractivity contribution in [2.24, 2.45) is 4.99 Å². The Balaban J connectivity index is 1.21. The number of urea groups is 1. The number of carbonyl (C=O) groups excluding carboxylic acids is 1. The van der Waals surface area contributed by atoms with Gasteiger partial charge in [0.05, 0.1) is 12.2 Å². The molecule has 4 aromatic rings. The maximum absolute atomic E-state index is 15.1. The molecule has 0 bridgehead atoms. The fraction of sp³-hybridized carbons (Fsp3) is 0.312. The number of rotatable bonds is 8. The highest BCUT2D eigenvalue weighted by Gasteiger charge is 2.31. The van der Waals surface area contributed by atoms with Crippen molar-refractivity contribution in [3.05, 3.63) is 90.0 Å². The summed E-state index contributed by atoms with van der Waals surface area (Å²) in [6.07, 6.45) is -4.04. The number of thioether (sulfide) groups is 1. The fourth-order valence-electron chi connectivity index (χ4n) is 4.92. The number of hydrogen-bond acceptors (Lipinski definition) is 5. The van der Waals surface area contributed by atoms with Crippen molar-refractivity contribution < 1.29 is 31.5 Å². The zero-order valence-corrected chi connectivity index (χ0v) is 25.9. The third-order valence-electron chi connectivity index (χ3n) is 7.27. The Morgan fingerprint density at radius 1 is 1.11 bits per heavy atom. The van der Waals surface area contributed by atoms with Crippen LogP contribution in [0.25, 0.3) is 17.1 Å². The van der Waals surface area contributed by atoms with Crippen LogP contribution in [0.1, 0.15) is 50.4 Å². The molecule has 3 aromatic carbocycles. The fourth-order valence-corrected chi connectivity index (χ4v) is 6.13. The van der Waals surface area contributed by atoms with Gasteiger partial charge in [0, 0.05) is 23.0 Å². The largest absolute Gasteiger partial charge is 0.573 e. The lowest BCUT2D eigenvalue weighted by Crippen LogP contribution is -2.43. The average Bonchev–Trinajstić information content (AvgIpc) is 3.50. The van der Waals surface area contributed by atoms with Crippen LogP contribution in [0, 0.1) is 5.82 Å². The highest BCUT2D eigenvalue weighted by molar-refractivity contribution is 8.14. The Kier molecular flexibility index (Phi) is 9.94. The van der Waals surface area contributed by atoms with Gasteiger partial charge < -0.3 is 15.0 Å². The highest BCUT2D eigenvalue weighted by atomic mass is 32.2. The standard InChI is InChI=1S/C32H31F5N6O2S/c1-19(2)26-16-23(33)8-13-28(26)43-20(3)14-15-46-31(43)40-30(44)38-17-27(34)21-4-6-22(7-5-21)29-39-18-42(41-29)24-9-11-25(12-10-24)45-32(35,36)37/h4-13,16,18-20,27H,14-15,17H2,1-3H3,(H,38,44)/b40-31-. The Hall–Kier alpha value is -4.46. The van der Waals surface area contributed by atoms with E-state index in [1.165, 1.54) is 59.2 Å². The van der Waals surface area contributed by atoms with Gasteiger partial charge in [-0.25, -0.2) is 23.2 Å². The van der Waals surface area contributed by atoms with Crippen molar-refractivity contribution in [3.63, 3.8) is 0 Å². The summed E-state index contributed by atoms with van der Waals surface area (Å²) in [4.78, 5) is 23.2. The summed E-state index contributed by atoms with van der Waals surface area (Å²) in [7, 11) is 0. The minimum atomic E-state index is -4.79. The van der Waals surface area contributed by atoms with Crippen LogP contribution >= 0.6 is 11.8 Å². The molecule has 0 radical (unpaired) electrons. The maximum atomic E-state index is 15.1. The summed E-state index contributed by atoms with van der Waals surface area (Å²) >= 11 is 1.42. The predicted molar refractivity (Wildman–Crippen MR) is 168 cm³/mol. The quantitative estimate of drug-likeness (QED) is 0.192. The Labute approximate surface area is 266 Å². The van der Waals surface area contributed by atoms with E-state index in [9.17, 15) is 22.4 Å². The second-order valence-electron chi connectivity index (χ2n) is 10.9. The summed E-state index contributed by atoms with van der Waals surface area (Å²) < 4.78 is 71.7. The number of amides is 2. The molecule has 242 valence electrons. The monoisotopic (exact) mass is 658 g/mol. The normalized spacial score (nSPS) is 16.9. The van der Waals surface area contributed by atoms with Crippen LogP contribution in [0.15, 0.2) is 78.0 Å². The van der Waals surface area contributed by atoms with Crippen molar-refractivity contribution >= 4 is 28.6 Å². The zero-order chi connectivity index (χ0) is 33.0. The third kappa shape index (κ3) is 8.03. The summed E-state index contributed by atoms with van der Waals surface area (Å²) in [5, 5.41) is 7.37. The SMILES string of the molecule is CC(C)c1cc(F)ccc1N1/C(=N/C(=O)NCC(F)c2ccc(-c3ncn(-c4ccc(OC(F)(F)F)cc4)n3)cc2)SCCC1C. The molecule has 0 saturated carbocycles. The number of anilines is 1. The molecular weight excluding hydrogens is 627 g/mol. The summed E-state index contributed by atoms with van der Waals surface area (Å²) in [5.41, 5.74) is 2.98. The van der Waals surface area contributed by atoms with Gasteiger partial charge in [-0.3, -0.25) is 0 Å². The molecule has 2 atom stereocenters. The Morgan fingerprint density at radius 2 is 1.83 bits per heavy atom. The van der Waals surface area contributed by atoms with Gasteiger partial charge in [0.15, 0.2) is 11.0 Å². The van der Waals surface area contributed by atoms with Gasteiger partial charge in [-0.15, -0.1) is 18.3 Å². The van der Waals surface area contributed by atoms with Gasteiger partial charge in [-0.05, 0) is 72.9 Å². The van der Waals surface area contributed by atoms with E-state index < -0.39 is 18.6 Å². The van der Waals surface area contributed by atoms with E-state index >= 15 is 4.39 Å². The highest BCUT2D eigenvalue weighted by Crippen LogP contribution is 2.35. The number of aromatic nitrogens is 3. The zero-order valence-electron chi connectivity index (χ0n) is 25.1. The molecule has 46 heavy (non-hydrogen) atoms. The first-order valence-corrected chi connectivity index (χ1v) is 15.5. The molecule has 1 saturated heterocycles. The number of nitrogens with one attached hydrogen (secondary N) is 1. The number of amidine groups is 1. The predicted octanol–water partition coefficient (Wildman–Crippen LogP) is 8.20. The molecule has 2 unspecified atom stereocenters. The lowest BCUT2D eigenvalue weighted by Gasteiger charge is -2.37. The number of ether oxygens (including phenoxy) is 1. The molecule has 2 heterocycles. The first-order valence-electron chi connectivity index (χ1n) is 14.5. The Bertz CT molecular complexity index is 1690. The van der Waals surface area contributed by atoms with Gasteiger partial charge in [-0.2, -0.15) is 4.99 Å². The molecule has 1 aliphatic heterocycles. The number of benzene rings is 3. The second kappa shape index (κ2) is 13.9. The number of hydrogen-bond donors (Lipinski definition) is 1. The lowest BCUT2D eigenvalue weighted by atomic mass is 9.99. The molecule has 8 nitrogen and oxygen atoms in total. The minimum Gasteiger partial charge on any atom is -0.406 e. The molecule has 0 spiro atoms. The van der Waals surface area contributed by atoms with E-state index in [2.05, 4.69) is 25.1 Å². The molecule has 0 aliphatic carbocycles. The van der Waals surface area contributed by atoms with Crippen molar-refractivity contribution in [3.8, 4) is 22.8 Å². The first kappa shape index (κ1) is 32.9. The Morgan fingerprint density at radius 3 is 2.50 bits per heavy atom. The summed E-state index contributed by atoms with van der Waals surface area (Å²) in [5.74, 6) is 0.447. The molecular formula is C32H31F5N6O2S. The number of carbonyl (C=O) groups is 1. The average molecular weight is 659 g/mol. The van der Waals surface area contributed by atoms with E-state index in [1.54, 1.807) is 30.3 Å². The van der Waals surface area contributed by atoms with E-state index in [4.69, 9.17) is 0 Å². The van der Waals surface area contributed by atoms with Crippen LogP contribution in [-0.4, -0.2) is 50.7 Å². The van der Waals surface area contributed by atoms with Crippen molar-refractivity contribution in [2.45, 2.75) is 51.7 Å². The van der Waals surface area contributed by atoms with E-state index in [-0.39, 0.29) is 30.1 Å². The van der Waals surface area contributed by atoms with Crippen LogP contribution < -0.4 is 15.0 Å². The van der Waals surface area contributed by atoms with Gasteiger partial charge in [0.2, 0.25) is 0 Å².